The van der Waals surface area contributed by atoms with E-state index in [9.17, 15) is 0 Å². The Morgan fingerprint density at radius 2 is 2.06 bits per heavy atom. The Labute approximate surface area is 109 Å². The number of hydrogen-bond donors (Lipinski definition) is 2. The second-order valence-corrected chi connectivity index (χ2v) is 6.93. The number of nitrogens with one attached hydrogen (secondary N) is 1. The first-order chi connectivity index (χ1) is 7.74. The molecule has 0 saturated heterocycles. The molecule has 1 aromatic heterocycles. The van der Waals surface area contributed by atoms with Gasteiger partial charge in [0.15, 0.2) is 0 Å². The van der Waals surface area contributed by atoms with Crippen LogP contribution in [0.1, 0.15) is 45.5 Å². The van der Waals surface area contributed by atoms with Crippen molar-refractivity contribution in [1.29, 1.82) is 0 Å². The van der Waals surface area contributed by atoms with Gasteiger partial charge in [-0.15, -0.1) is 11.3 Å². The zero-order valence-electron chi connectivity index (χ0n) is 11.6. The molecule has 1 aromatic rings. The largest absolute Gasteiger partial charge is 0.325 e. The minimum absolute atomic E-state index is 0.0790. The SMILES string of the molecule is CC(CNCC(C)(C)C(C)(C)N)c1nccs1. The summed E-state index contributed by atoms with van der Waals surface area (Å²) in [5, 5.41) is 6.73. The Bertz CT molecular complexity index is 325. The Balaban J connectivity index is 2.38. The molecule has 0 aromatic carbocycles. The fourth-order valence-electron chi connectivity index (χ4n) is 1.39. The first kappa shape index (κ1) is 14.6. The molecule has 0 bridgehead atoms. The molecule has 1 atom stereocenters. The van der Waals surface area contributed by atoms with Crippen LogP contribution in [0.15, 0.2) is 11.6 Å². The monoisotopic (exact) mass is 255 g/mol. The molecule has 3 nitrogen and oxygen atoms in total. The smallest absolute Gasteiger partial charge is 0.0965 e. The average Bonchev–Trinajstić information content (AvgIpc) is 2.67. The molecule has 1 rings (SSSR count). The Hall–Kier alpha value is -0.450. The minimum Gasteiger partial charge on any atom is -0.325 e. The Kier molecular flexibility index (Phi) is 4.69. The van der Waals surface area contributed by atoms with Crippen molar-refractivity contribution >= 4 is 11.3 Å². The van der Waals surface area contributed by atoms with Gasteiger partial charge in [0.2, 0.25) is 0 Å². The third kappa shape index (κ3) is 4.05. The van der Waals surface area contributed by atoms with Crippen molar-refractivity contribution in [2.24, 2.45) is 11.1 Å². The summed E-state index contributed by atoms with van der Waals surface area (Å²) in [5.74, 6) is 0.465. The summed E-state index contributed by atoms with van der Waals surface area (Å²) in [4.78, 5) is 4.33. The predicted molar refractivity (Wildman–Crippen MR) is 75.4 cm³/mol. The maximum absolute atomic E-state index is 6.17. The van der Waals surface area contributed by atoms with Crippen LogP contribution in [0.3, 0.4) is 0 Å². The minimum atomic E-state index is -0.176. The van der Waals surface area contributed by atoms with E-state index in [2.05, 4.69) is 44.9 Å². The van der Waals surface area contributed by atoms with Crippen molar-refractivity contribution in [2.45, 2.75) is 46.1 Å². The van der Waals surface area contributed by atoms with Gasteiger partial charge in [-0.2, -0.15) is 0 Å². The van der Waals surface area contributed by atoms with Gasteiger partial charge < -0.3 is 11.1 Å². The summed E-state index contributed by atoms with van der Waals surface area (Å²) in [5.41, 5.74) is 6.08. The van der Waals surface area contributed by atoms with E-state index in [1.807, 2.05) is 11.6 Å². The summed E-state index contributed by atoms with van der Waals surface area (Å²) < 4.78 is 0. The molecule has 0 fully saturated rings. The van der Waals surface area contributed by atoms with Crippen molar-refractivity contribution in [2.75, 3.05) is 13.1 Å². The van der Waals surface area contributed by atoms with Crippen molar-refractivity contribution in [3.05, 3.63) is 16.6 Å². The Morgan fingerprint density at radius 1 is 1.41 bits per heavy atom. The van der Waals surface area contributed by atoms with Gasteiger partial charge in [0.25, 0.3) is 0 Å². The van der Waals surface area contributed by atoms with Crippen LogP contribution in [-0.2, 0) is 0 Å². The van der Waals surface area contributed by atoms with E-state index in [1.54, 1.807) is 11.3 Å². The molecule has 0 aliphatic heterocycles. The molecule has 0 saturated carbocycles. The van der Waals surface area contributed by atoms with Gasteiger partial charge >= 0.3 is 0 Å². The van der Waals surface area contributed by atoms with Gasteiger partial charge in [-0.05, 0) is 19.3 Å². The number of nitrogens with zero attached hydrogens (tertiary/aromatic N) is 1. The summed E-state index contributed by atoms with van der Waals surface area (Å²) >= 11 is 1.72. The second kappa shape index (κ2) is 5.46. The van der Waals surface area contributed by atoms with Crippen molar-refractivity contribution in [1.82, 2.24) is 10.3 Å². The quantitative estimate of drug-likeness (QED) is 0.821. The summed E-state index contributed by atoms with van der Waals surface area (Å²) in [6.45, 7) is 12.6. The van der Waals surface area contributed by atoms with Gasteiger partial charge in [-0.1, -0.05) is 20.8 Å². The maximum atomic E-state index is 6.17. The molecule has 1 heterocycles. The lowest BCUT2D eigenvalue weighted by Gasteiger charge is -2.39. The molecule has 1 unspecified atom stereocenters. The topological polar surface area (TPSA) is 50.9 Å². The van der Waals surface area contributed by atoms with E-state index in [1.165, 1.54) is 5.01 Å². The molecule has 0 aliphatic carbocycles. The zero-order valence-corrected chi connectivity index (χ0v) is 12.4. The second-order valence-electron chi connectivity index (χ2n) is 6.01. The van der Waals surface area contributed by atoms with Crippen LogP contribution in [0.2, 0.25) is 0 Å². The van der Waals surface area contributed by atoms with E-state index in [0.29, 0.717) is 5.92 Å². The van der Waals surface area contributed by atoms with Gasteiger partial charge in [0.05, 0.1) is 5.01 Å². The lowest BCUT2D eigenvalue weighted by Crippen LogP contribution is -2.52. The van der Waals surface area contributed by atoms with Crippen molar-refractivity contribution < 1.29 is 0 Å². The lowest BCUT2D eigenvalue weighted by molar-refractivity contribution is 0.194. The average molecular weight is 255 g/mol. The molecule has 0 spiro atoms. The molecule has 0 radical (unpaired) electrons. The highest BCUT2D eigenvalue weighted by molar-refractivity contribution is 7.09. The third-order valence-corrected chi connectivity index (χ3v) is 4.64. The van der Waals surface area contributed by atoms with E-state index in [4.69, 9.17) is 5.73 Å². The number of aromatic nitrogens is 1. The molecule has 3 N–H and O–H groups in total. The number of thiazole rings is 1. The molecular weight excluding hydrogens is 230 g/mol. The van der Waals surface area contributed by atoms with Gasteiger partial charge in [-0.25, -0.2) is 4.98 Å². The molecule has 0 amide bonds. The van der Waals surface area contributed by atoms with E-state index in [-0.39, 0.29) is 11.0 Å². The fourth-order valence-corrected chi connectivity index (χ4v) is 2.09. The predicted octanol–water partition coefficient (Wildman–Crippen LogP) is 2.60. The first-order valence-corrected chi connectivity index (χ1v) is 7.01. The normalized spacial score (nSPS) is 14.9. The van der Waals surface area contributed by atoms with Crippen molar-refractivity contribution in [3.63, 3.8) is 0 Å². The van der Waals surface area contributed by atoms with Crippen LogP contribution in [-0.4, -0.2) is 23.6 Å². The number of rotatable bonds is 6. The van der Waals surface area contributed by atoms with Crippen LogP contribution >= 0.6 is 11.3 Å². The van der Waals surface area contributed by atoms with Gasteiger partial charge in [0, 0.05) is 36.1 Å². The highest BCUT2D eigenvalue weighted by Crippen LogP contribution is 2.27. The first-order valence-electron chi connectivity index (χ1n) is 6.13. The van der Waals surface area contributed by atoms with Crippen LogP contribution < -0.4 is 11.1 Å². The van der Waals surface area contributed by atoms with Crippen LogP contribution in [0.4, 0.5) is 0 Å². The highest BCUT2D eigenvalue weighted by atomic mass is 32.1. The third-order valence-electron chi connectivity index (χ3n) is 3.63. The maximum Gasteiger partial charge on any atom is 0.0965 e. The van der Waals surface area contributed by atoms with Gasteiger partial charge in [-0.3, -0.25) is 0 Å². The molecule has 17 heavy (non-hydrogen) atoms. The van der Waals surface area contributed by atoms with Gasteiger partial charge in [0.1, 0.15) is 0 Å². The van der Waals surface area contributed by atoms with Crippen molar-refractivity contribution in [3.8, 4) is 0 Å². The van der Waals surface area contributed by atoms with E-state index < -0.39 is 0 Å². The summed E-state index contributed by atoms with van der Waals surface area (Å²) in [6, 6.07) is 0. The zero-order chi connectivity index (χ0) is 13.1. The van der Waals surface area contributed by atoms with Crippen LogP contribution in [0, 0.1) is 5.41 Å². The number of nitrogens with two attached hydrogens (primary N) is 1. The molecule has 4 heteroatoms. The summed E-state index contributed by atoms with van der Waals surface area (Å²) in [7, 11) is 0. The van der Waals surface area contributed by atoms with E-state index in [0.717, 1.165) is 13.1 Å². The van der Waals surface area contributed by atoms with E-state index >= 15 is 0 Å². The molecule has 0 aliphatic rings. The summed E-state index contributed by atoms with van der Waals surface area (Å²) in [6.07, 6.45) is 1.86. The standard InChI is InChI=1S/C13H25N3S/c1-10(11-16-6-7-17-11)8-15-9-12(2,3)13(4,5)14/h6-7,10,15H,8-9,14H2,1-5H3. The number of hydrogen-bond acceptors (Lipinski definition) is 4. The molecular formula is C13H25N3S. The fraction of sp³-hybridized carbons (Fsp3) is 0.769. The van der Waals surface area contributed by atoms with Crippen LogP contribution in [0.25, 0.3) is 0 Å². The Morgan fingerprint density at radius 3 is 2.53 bits per heavy atom. The highest BCUT2D eigenvalue weighted by Gasteiger charge is 2.32. The van der Waals surface area contributed by atoms with Crippen LogP contribution in [0.5, 0.6) is 0 Å². The lowest BCUT2D eigenvalue weighted by atomic mass is 9.75. The molecule has 98 valence electrons.